The van der Waals surface area contributed by atoms with E-state index >= 15 is 0 Å². The summed E-state index contributed by atoms with van der Waals surface area (Å²) < 4.78 is 24.5. The summed E-state index contributed by atoms with van der Waals surface area (Å²) in [4.78, 5) is 0. The minimum atomic E-state index is -0.264. The van der Waals surface area contributed by atoms with Crippen LogP contribution in [0.1, 0.15) is 158 Å². The Morgan fingerprint density at radius 3 is 1.28 bits per heavy atom. The Morgan fingerprint density at radius 1 is 0.500 bits per heavy atom. The molecule has 0 radical (unpaired) electrons. The fourth-order valence-corrected chi connectivity index (χ4v) is 4.33. The van der Waals surface area contributed by atoms with E-state index in [1.165, 1.54) is 89.9 Å². The number of unbranched alkanes of at least 4 members (excludes halogenated alkanes) is 14. The summed E-state index contributed by atoms with van der Waals surface area (Å²) in [5, 5.41) is 0. The first kappa shape index (κ1) is 35.8. The van der Waals surface area contributed by atoms with E-state index in [0.29, 0.717) is 19.8 Å². The van der Waals surface area contributed by atoms with Gasteiger partial charge in [0.05, 0.1) is 24.4 Å². The Hall–Kier alpha value is -0.160. The van der Waals surface area contributed by atoms with Crippen LogP contribution in [0.4, 0.5) is 0 Å². The van der Waals surface area contributed by atoms with Gasteiger partial charge in [0.1, 0.15) is 6.10 Å². The van der Waals surface area contributed by atoms with Gasteiger partial charge in [0, 0.05) is 19.8 Å². The Balaban J connectivity index is 4.22. The zero-order valence-electron chi connectivity index (χ0n) is 25.8. The van der Waals surface area contributed by atoms with E-state index in [-0.39, 0.29) is 17.3 Å². The van der Waals surface area contributed by atoms with Crippen LogP contribution in [0.3, 0.4) is 0 Å². The lowest BCUT2D eigenvalue weighted by Gasteiger charge is -2.32. The van der Waals surface area contributed by atoms with E-state index in [1.54, 1.807) is 0 Å². The molecule has 0 saturated carbocycles. The van der Waals surface area contributed by atoms with E-state index < -0.39 is 0 Å². The van der Waals surface area contributed by atoms with Crippen molar-refractivity contribution in [2.75, 3.05) is 33.0 Å². The highest BCUT2D eigenvalue weighted by atomic mass is 16.6. The van der Waals surface area contributed by atoms with Crippen molar-refractivity contribution in [2.45, 2.75) is 175 Å². The zero-order valence-corrected chi connectivity index (χ0v) is 25.8. The summed E-state index contributed by atoms with van der Waals surface area (Å²) >= 11 is 0. The molecule has 0 spiro atoms. The first-order valence-corrected chi connectivity index (χ1v) is 15.7. The summed E-state index contributed by atoms with van der Waals surface area (Å²) in [7, 11) is 0. The van der Waals surface area contributed by atoms with Crippen LogP contribution in [0.2, 0.25) is 0 Å². The molecular formula is C32H66O4. The van der Waals surface area contributed by atoms with Crippen LogP contribution in [-0.4, -0.2) is 50.3 Å². The third-order valence-electron chi connectivity index (χ3n) is 6.62. The fraction of sp³-hybridized carbons (Fsp3) is 1.00. The molecule has 0 saturated heterocycles. The van der Waals surface area contributed by atoms with Gasteiger partial charge in [-0.2, -0.15) is 0 Å². The Bertz CT molecular complexity index is 420. The van der Waals surface area contributed by atoms with Gasteiger partial charge in [-0.1, -0.05) is 104 Å². The van der Waals surface area contributed by atoms with Gasteiger partial charge in [0.2, 0.25) is 0 Å². The molecule has 0 aromatic heterocycles. The van der Waals surface area contributed by atoms with Gasteiger partial charge in [-0.3, -0.25) is 0 Å². The van der Waals surface area contributed by atoms with Gasteiger partial charge in [0.25, 0.3) is 0 Å². The van der Waals surface area contributed by atoms with Crippen LogP contribution in [0.15, 0.2) is 0 Å². The molecule has 0 bridgehead atoms. The molecule has 0 unspecified atom stereocenters. The first-order valence-electron chi connectivity index (χ1n) is 15.7. The third kappa shape index (κ3) is 26.9. The number of hydrogen-bond acceptors (Lipinski definition) is 4. The second-order valence-electron chi connectivity index (χ2n) is 12.3. The van der Waals surface area contributed by atoms with Crippen molar-refractivity contribution < 1.29 is 18.9 Å². The summed E-state index contributed by atoms with van der Waals surface area (Å²) in [6.07, 6.45) is 22.0. The highest BCUT2D eigenvalue weighted by Crippen LogP contribution is 2.20. The molecule has 0 aromatic carbocycles. The van der Waals surface area contributed by atoms with Crippen LogP contribution in [-0.2, 0) is 18.9 Å². The maximum atomic E-state index is 6.49. The van der Waals surface area contributed by atoms with Crippen LogP contribution in [0.5, 0.6) is 0 Å². The summed E-state index contributed by atoms with van der Waals surface area (Å²) in [6, 6.07) is 0. The highest BCUT2D eigenvalue weighted by Gasteiger charge is 2.25. The lowest BCUT2D eigenvalue weighted by atomic mass is 10.1. The molecule has 4 nitrogen and oxygen atoms in total. The number of ether oxygens (including phenoxy) is 4. The SMILES string of the molecule is CCCCCCCCCCOCC(COCCCCCCCCCC)OC(C)(C)CCOC(C)(C)C. The second kappa shape index (κ2) is 23.9. The summed E-state index contributed by atoms with van der Waals surface area (Å²) in [5.74, 6) is 0. The molecule has 0 aliphatic rings. The van der Waals surface area contributed by atoms with E-state index in [1.807, 2.05) is 0 Å². The lowest BCUT2D eigenvalue weighted by Crippen LogP contribution is -2.38. The minimum absolute atomic E-state index is 0.0299. The average Bonchev–Trinajstić information content (AvgIpc) is 2.80. The van der Waals surface area contributed by atoms with Gasteiger partial charge in [-0.25, -0.2) is 0 Å². The number of hydrogen-bond donors (Lipinski definition) is 0. The summed E-state index contributed by atoms with van der Waals surface area (Å²) in [6.45, 7) is 18.7. The molecule has 4 heteroatoms. The van der Waals surface area contributed by atoms with Gasteiger partial charge in [-0.15, -0.1) is 0 Å². The van der Waals surface area contributed by atoms with Gasteiger partial charge < -0.3 is 18.9 Å². The van der Waals surface area contributed by atoms with Crippen LogP contribution in [0, 0.1) is 0 Å². The fourth-order valence-electron chi connectivity index (χ4n) is 4.33. The van der Waals surface area contributed by atoms with Crippen LogP contribution >= 0.6 is 0 Å². The molecule has 0 heterocycles. The standard InChI is InChI=1S/C32H66O4/c1-8-10-12-14-16-18-20-22-25-33-28-30(36-32(6,7)24-27-35-31(3,4)5)29-34-26-23-21-19-17-15-13-11-9-2/h30H,8-29H2,1-7H3. The van der Waals surface area contributed by atoms with Crippen molar-refractivity contribution in [1.29, 1.82) is 0 Å². The molecule has 0 atom stereocenters. The monoisotopic (exact) mass is 514 g/mol. The van der Waals surface area contributed by atoms with E-state index in [2.05, 4.69) is 48.5 Å². The van der Waals surface area contributed by atoms with Crippen molar-refractivity contribution in [1.82, 2.24) is 0 Å². The second-order valence-corrected chi connectivity index (χ2v) is 12.3. The van der Waals surface area contributed by atoms with E-state index in [4.69, 9.17) is 18.9 Å². The Morgan fingerprint density at radius 2 is 0.889 bits per heavy atom. The Labute approximate surface area is 227 Å². The maximum absolute atomic E-state index is 6.49. The van der Waals surface area contributed by atoms with Crippen molar-refractivity contribution >= 4 is 0 Å². The largest absolute Gasteiger partial charge is 0.379 e. The smallest absolute Gasteiger partial charge is 0.105 e. The molecule has 0 aliphatic heterocycles. The molecular weight excluding hydrogens is 448 g/mol. The lowest BCUT2D eigenvalue weighted by molar-refractivity contribution is -0.140. The van der Waals surface area contributed by atoms with Crippen molar-refractivity contribution in [2.24, 2.45) is 0 Å². The average molecular weight is 515 g/mol. The van der Waals surface area contributed by atoms with Crippen LogP contribution < -0.4 is 0 Å². The number of rotatable bonds is 27. The predicted molar refractivity (Wildman–Crippen MR) is 156 cm³/mol. The molecule has 0 aromatic rings. The third-order valence-corrected chi connectivity index (χ3v) is 6.62. The predicted octanol–water partition coefficient (Wildman–Crippen LogP) is 9.67. The zero-order chi connectivity index (χ0) is 27.0. The topological polar surface area (TPSA) is 36.9 Å². The van der Waals surface area contributed by atoms with Gasteiger partial charge in [0.15, 0.2) is 0 Å². The van der Waals surface area contributed by atoms with Crippen molar-refractivity contribution in [3.05, 3.63) is 0 Å². The van der Waals surface area contributed by atoms with Gasteiger partial charge in [-0.05, 0) is 53.9 Å². The highest BCUT2D eigenvalue weighted by molar-refractivity contribution is 4.73. The molecule has 0 rings (SSSR count). The molecule has 0 N–H and O–H groups in total. The first-order chi connectivity index (χ1) is 17.2. The normalized spacial score (nSPS) is 12.7. The Kier molecular flexibility index (Phi) is 23.8. The molecule has 0 amide bonds. The van der Waals surface area contributed by atoms with Gasteiger partial charge >= 0.3 is 0 Å². The molecule has 0 fully saturated rings. The molecule has 36 heavy (non-hydrogen) atoms. The maximum Gasteiger partial charge on any atom is 0.105 e. The summed E-state index contributed by atoms with van der Waals surface area (Å²) in [5.41, 5.74) is -0.382. The minimum Gasteiger partial charge on any atom is -0.379 e. The quantitative estimate of drug-likeness (QED) is 0.102. The van der Waals surface area contributed by atoms with Crippen molar-refractivity contribution in [3.8, 4) is 0 Å². The van der Waals surface area contributed by atoms with E-state index in [9.17, 15) is 0 Å². The van der Waals surface area contributed by atoms with E-state index in [0.717, 1.165) is 32.5 Å². The van der Waals surface area contributed by atoms with Crippen LogP contribution in [0.25, 0.3) is 0 Å². The molecule has 0 aliphatic carbocycles. The molecule has 218 valence electrons. The van der Waals surface area contributed by atoms with Crippen molar-refractivity contribution in [3.63, 3.8) is 0 Å².